The molecule has 1 atom stereocenters. The second-order valence-electron chi connectivity index (χ2n) is 7.47. The van der Waals surface area contributed by atoms with Gasteiger partial charge in [0.25, 0.3) is 0 Å². The maximum Gasteiger partial charge on any atom is 0.231 e. The Balaban J connectivity index is 1.65. The average Bonchev–Trinajstić information content (AvgIpc) is 3.29. The van der Waals surface area contributed by atoms with Gasteiger partial charge in [-0.25, -0.2) is 0 Å². The van der Waals surface area contributed by atoms with Crippen molar-refractivity contribution in [2.75, 3.05) is 13.1 Å². The van der Waals surface area contributed by atoms with Gasteiger partial charge in [0, 0.05) is 24.7 Å². The van der Waals surface area contributed by atoms with Crippen molar-refractivity contribution in [1.82, 2.24) is 15.0 Å². The minimum Gasteiger partial charge on any atom is -0.339 e. The van der Waals surface area contributed by atoms with Crippen molar-refractivity contribution in [1.29, 1.82) is 0 Å². The van der Waals surface area contributed by atoms with Crippen LogP contribution in [0.25, 0.3) is 11.4 Å². The standard InChI is InChI=1S/C19H25N3O/c1-14(2)22-12-16(19(13-22)10-6-7-11-19)18-20-17(21-23-18)15-8-4-3-5-9-15/h3-5,8-9,14,16H,6-7,10-13H2,1-2H3. The van der Waals surface area contributed by atoms with E-state index in [2.05, 4.69) is 23.9 Å². The predicted octanol–water partition coefficient (Wildman–Crippen LogP) is 4.10. The summed E-state index contributed by atoms with van der Waals surface area (Å²) in [5.41, 5.74) is 1.38. The van der Waals surface area contributed by atoms with Crippen LogP contribution in [0.15, 0.2) is 34.9 Å². The molecule has 0 radical (unpaired) electrons. The third-order valence-electron chi connectivity index (χ3n) is 5.78. The summed E-state index contributed by atoms with van der Waals surface area (Å²) in [6.07, 6.45) is 5.26. The van der Waals surface area contributed by atoms with Crippen LogP contribution >= 0.6 is 0 Å². The average molecular weight is 311 g/mol. The summed E-state index contributed by atoms with van der Waals surface area (Å²) in [7, 11) is 0. The molecular formula is C19H25N3O. The van der Waals surface area contributed by atoms with Crippen LogP contribution in [0, 0.1) is 5.41 Å². The van der Waals surface area contributed by atoms with Gasteiger partial charge in [-0.05, 0) is 32.1 Å². The Kier molecular flexibility index (Phi) is 3.72. The van der Waals surface area contributed by atoms with Gasteiger partial charge < -0.3 is 4.52 Å². The van der Waals surface area contributed by atoms with Crippen molar-refractivity contribution in [2.24, 2.45) is 5.41 Å². The van der Waals surface area contributed by atoms with Crippen molar-refractivity contribution in [2.45, 2.75) is 51.5 Å². The maximum atomic E-state index is 5.73. The Morgan fingerprint density at radius 3 is 2.61 bits per heavy atom. The Morgan fingerprint density at radius 1 is 1.17 bits per heavy atom. The summed E-state index contributed by atoms with van der Waals surface area (Å²) < 4.78 is 5.73. The van der Waals surface area contributed by atoms with E-state index in [1.165, 1.54) is 32.2 Å². The van der Waals surface area contributed by atoms with E-state index < -0.39 is 0 Å². The third kappa shape index (κ3) is 2.59. The summed E-state index contributed by atoms with van der Waals surface area (Å²) in [5.74, 6) is 1.95. The van der Waals surface area contributed by atoms with E-state index >= 15 is 0 Å². The Hall–Kier alpha value is -1.68. The number of hydrogen-bond donors (Lipinski definition) is 0. The molecule has 1 aromatic carbocycles. The number of rotatable bonds is 3. The van der Waals surface area contributed by atoms with Crippen LogP contribution in [-0.4, -0.2) is 34.2 Å². The molecule has 23 heavy (non-hydrogen) atoms. The lowest BCUT2D eigenvalue weighted by molar-refractivity contribution is 0.213. The monoisotopic (exact) mass is 311 g/mol. The fraction of sp³-hybridized carbons (Fsp3) is 0.579. The number of aromatic nitrogens is 2. The molecule has 1 aliphatic heterocycles. The first kappa shape index (κ1) is 14.9. The molecule has 4 nitrogen and oxygen atoms in total. The molecule has 2 heterocycles. The van der Waals surface area contributed by atoms with Gasteiger partial charge in [0.1, 0.15) is 0 Å². The Labute approximate surface area is 137 Å². The van der Waals surface area contributed by atoms with Crippen molar-refractivity contribution in [3.05, 3.63) is 36.2 Å². The van der Waals surface area contributed by atoms with Gasteiger partial charge in [-0.3, -0.25) is 4.90 Å². The van der Waals surface area contributed by atoms with E-state index in [-0.39, 0.29) is 0 Å². The normalized spacial score (nSPS) is 24.0. The lowest BCUT2D eigenvalue weighted by Gasteiger charge is -2.28. The van der Waals surface area contributed by atoms with Crippen LogP contribution in [-0.2, 0) is 0 Å². The molecule has 1 unspecified atom stereocenters. The van der Waals surface area contributed by atoms with Gasteiger partial charge in [-0.2, -0.15) is 4.98 Å². The SMILES string of the molecule is CC(C)N1CC(c2nc(-c3ccccc3)no2)C2(CCCC2)C1. The van der Waals surface area contributed by atoms with E-state index in [1.54, 1.807) is 0 Å². The fourth-order valence-electron chi connectivity index (χ4n) is 4.41. The van der Waals surface area contributed by atoms with Gasteiger partial charge in [0.05, 0.1) is 5.92 Å². The third-order valence-corrected chi connectivity index (χ3v) is 5.78. The maximum absolute atomic E-state index is 5.73. The lowest BCUT2D eigenvalue weighted by atomic mass is 9.76. The van der Waals surface area contributed by atoms with Crippen molar-refractivity contribution < 1.29 is 4.52 Å². The van der Waals surface area contributed by atoms with Gasteiger partial charge in [-0.15, -0.1) is 0 Å². The summed E-state index contributed by atoms with van der Waals surface area (Å²) >= 11 is 0. The molecule has 122 valence electrons. The van der Waals surface area contributed by atoms with Crippen LogP contribution < -0.4 is 0 Å². The number of benzene rings is 1. The largest absolute Gasteiger partial charge is 0.339 e. The molecule has 4 rings (SSSR count). The lowest BCUT2D eigenvalue weighted by Crippen LogP contribution is -2.31. The van der Waals surface area contributed by atoms with Gasteiger partial charge >= 0.3 is 0 Å². The molecule has 2 aromatic rings. The zero-order valence-corrected chi connectivity index (χ0v) is 14.0. The molecule has 0 N–H and O–H groups in total. The molecule has 0 bridgehead atoms. The molecule has 2 aliphatic rings. The molecule has 0 amide bonds. The topological polar surface area (TPSA) is 42.2 Å². The number of likely N-dealkylation sites (tertiary alicyclic amines) is 1. The van der Waals surface area contributed by atoms with E-state index in [0.29, 0.717) is 17.4 Å². The van der Waals surface area contributed by atoms with Crippen molar-refractivity contribution in [3.8, 4) is 11.4 Å². The van der Waals surface area contributed by atoms with Crippen LogP contribution in [0.3, 0.4) is 0 Å². The highest BCUT2D eigenvalue weighted by Crippen LogP contribution is 2.53. The zero-order chi connectivity index (χ0) is 15.9. The summed E-state index contributed by atoms with van der Waals surface area (Å²) in [6, 6.07) is 10.7. The summed E-state index contributed by atoms with van der Waals surface area (Å²) in [6.45, 7) is 6.80. The highest BCUT2D eigenvalue weighted by atomic mass is 16.5. The van der Waals surface area contributed by atoms with E-state index in [0.717, 1.165) is 23.8 Å². The van der Waals surface area contributed by atoms with E-state index in [4.69, 9.17) is 9.51 Å². The first-order valence-corrected chi connectivity index (χ1v) is 8.81. The Morgan fingerprint density at radius 2 is 1.91 bits per heavy atom. The quantitative estimate of drug-likeness (QED) is 0.855. The minimum absolute atomic E-state index is 0.352. The van der Waals surface area contributed by atoms with E-state index in [9.17, 15) is 0 Å². The number of hydrogen-bond acceptors (Lipinski definition) is 4. The molecule has 1 aromatic heterocycles. The molecule has 1 spiro atoms. The van der Waals surface area contributed by atoms with Gasteiger partial charge in [-0.1, -0.05) is 48.3 Å². The van der Waals surface area contributed by atoms with Crippen LogP contribution in [0.2, 0.25) is 0 Å². The van der Waals surface area contributed by atoms with Crippen LogP contribution in [0.1, 0.15) is 51.3 Å². The van der Waals surface area contributed by atoms with Crippen molar-refractivity contribution in [3.63, 3.8) is 0 Å². The second-order valence-corrected chi connectivity index (χ2v) is 7.47. The number of nitrogens with zero attached hydrogens (tertiary/aromatic N) is 3. The first-order valence-electron chi connectivity index (χ1n) is 8.81. The van der Waals surface area contributed by atoms with Crippen LogP contribution in [0.4, 0.5) is 0 Å². The molecule has 1 saturated heterocycles. The molecular weight excluding hydrogens is 286 g/mol. The Bertz CT molecular complexity index is 658. The molecule has 1 aliphatic carbocycles. The summed E-state index contributed by atoms with van der Waals surface area (Å²) in [4.78, 5) is 7.36. The summed E-state index contributed by atoms with van der Waals surface area (Å²) in [5, 5.41) is 4.25. The zero-order valence-electron chi connectivity index (χ0n) is 14.0. The predicted molar refractivity (Wildman–Crippen MR) is 90.1 cm³/mol. The fourth-order valence-corrected chi connectivity index (χ4v) is 4.41. The minimum atomic E-state index is 0.352. The smallest absolute Gasteiger partial charge is 0.231 e. The van der Waals surface area contributed by atoms with Crippen LogP contribution in [0.5, 0.6) is 0 Å². The molecule has 1 saturated carbocycles. The van der Waals surface area contributed by atoms with Gasteiger partial charge in [0.2, 0.25) is 11.7 Å². The molecule has 2 fully saturated rings. The van der Waals surface area contributed by atoms with Crippen molar-refractivity contribution >= 4 is 0 Å². The second kappa shape index (κ2) is 5.75. The highest BCUT2D eigenvalue weighted by Gasteiger charge is 2.51. The first-order chi connectivity index (χ1) is 11.2. The molecule has 4 heteroatoms. The van der Waals surface area contributed by atoms with E-state index in [1.807, 2.05) is 30.3 Å². The van der Waals surface area contributed by atoms with Gasteiger partial charge in [0.15, 0.2) is 0 Å². The highest BCUT2D eigenvalue weighted by molar-refractivity contribution is 5.53.